The smallest absolute Gasteiger partial charge is 0.315 e. The van der Waals surface area contributed by atoms with Gasteiger partial charge in [-0.15, -0.1) is 0 Å². The van der Waals surface area contributed by atoms with Crippen LogP contribution in [0.1, 0.15) is 5.76 Å². The summed E-state index contributed by atoms with van der Waals surface area (Å²) in [6.45, 7) is 1.67. The molecule has 8 heteroatoms. The first kappa shape index (κ1) is 14.9. The SMILES string of the molecule is COc1ccc(NC(=O)C(=O)Nc2cc(C)on2)cc1Cl. The van der Waals surface area contributed by atoms with Crippen molar-refractivity contribution in [2.45, 2.75) is 6.92 Å². The quantitative estimate of drug-likeness (QED) is 0.848. The average Bonchev–Trinajstić information content (AvgIpc) is 2.84. The number of hydrogen-bond acceptors (Lipinski definition) is 5. The predicted octanol–water partition coefficient (Wildman–Crippen LogP) is 2.22. The zero-order valence-corrected chi connectivity index (χ0v) is 12.0. The lowest BCUT2D eigenvalue weighted by Crippen LogP contribution is -2.29. The normalized spacial score (nSPS) is 10.0. The predicted molar refractivity (Wildman–Crippen MR) is 76.5 cm³/mol. The van der Waals surface area contributed by atoms with Crippen molar-refractivity contribution >= 4 is 34.9 Å². The second-order valence-corrected chi connectivity index (χ2v) is 4.49. The van der Waals surface area contributed by atoms with Crippen LogP contribution in [-0.4, -0.2) is 24.1 Å². The number of benzene rings is 1. The Labute approximate surface area is 125 Å². The van der Waals surface area contributed by atoms with Gasteiger partial charge in [-0.1, -0.05) is 16.8 Å². The van der Waals surface area contributed by atoms with Gasteiger partial charge in [0.15, 0.2) is 5.82 Å². The minimum absolute atomic E-state index is 0.167. The van der Waals surface area contributed by atoms with Crippen LogP contribution in [0.3, 0.4) is 0 Å². The molecule has 0 aliphatic heterocycles. The van der Waals surface area contributed by atoms with Gasteiger partial charge < -0.3 is 14.6 Å². The second-order valence-electron chi connectivity index (χ2n) is 4.08. The van der Waals surface area contributed by atoms with Gasteiger partial charge in [0, 0.05) is 11.8 Å². The van der Waals surface area contributed by atoms with Gasteiger partial charge in [0.05, 0.1) is 12.1 Å². The number of ether oxygens (including phenoxy) is 1. The maximum atomic E-state index is 11.7. The third kappa shape index (κ3) is 3.73. The van der Waals surface area contributed by atoms with Crippen LogP contribution < -0.4 is 15.4 Å². The van der Waals surface area contributed by atoms with Crippen LogP contribution in [0.4, 0.5) is 11.5 Å². The van der Waals surface area contributed by atoms with E-state index < -0.39 is 11.8 Å². The summed E-state index contributed by atoms with van der Waals surface area (Å²) < 4.78 is 9.77. The molecule has 0 bridgehead atoms. The van der Waals surface area contributed by atoms with Crippen molar-refractivity contribution in [1.29, 1.82) is 0 Å². The summed E-state index contributed by atoms with van der Waals surface area (Å²) in [5.41, 5.74) is 0.372. The van der Waals surface area contributed by atoms with Crippen molar-refractivity contribution < 1.29 is 18.8 Å². The van der Waals surface area contributed by atoms with Crippen LogP contribution in [-0.2, 0) is 9.59 Å². The van der Waals surface area contributed by atoms with Gasteiger partial charge in [0.2, 0.25) is 0 Å². The average molecular weight is 310 g/mol. The number of carbonyl (C=O) groups is 2. The summed E-state index contributed by atoms with van der Waals surface area (Å²) in [5, 5.41) is 8.60. The fraction of sp³-hybridized carbons (Fsp3) is 0.154. The van der Waals surface area contributed by atoms with Crippen molar-refractivity contribution in [3.63, 3.8) is 0 Å². The fourth-order valence-corrected chi connectivity index (χ4v) is 1.79. The van der Waals surface area contributed by atoms with Crippen molar-refractivity contribution in [2.75, 3.05) is 17.7 Å². The molecule has 0 spiro atoms. The highest BCUT2D eigenvalue weighted by Gasteiger charge is 2.16. The zero-order chi connectivity index (χ0) is 15.4. The summed E-state index contributed by atoms with van der Waals surface area (Å²) in [5.74, 6) is -0.558. The van der Waals surface area contributed by atoms with E-state index in [0.717, 1.165) is 0 Å². The molecule has 0 aliphatic carbocycles. The Morgan fingerprint density at radius 3 is 2.52 bits per heavy atom. The summed E-state index contributed by atoms with van der Waals surface area (Å²) in [6.07, 6.45) is 0. The van der Waals surface area contributed by atoms with E-state index in [2.05, 4.69) is 15.8 Å². The number of nitrogens with one attached hydrogen (secondary N) is 2. The molecular weight excluding hydrogens is 298 g/mol. The lowest BCUT2D eigenvalue weighted by atomic mass is 10.3. The maximum Gasteiger partial charge on any atom is 0.315 e. The van der Waals surface area contributed by atoms with Gasteiger partial charge in [0.25, 0.3) is 0 Å². The number of aromatic nitrogens is 1. The van der Waals surface area contributed by atoms with Gasteiger partial charge in [-0.25, -0.2) is 0 Å². The van der Waals surface area contributed by atoms with Crippen molar-refractivity contribution in [1.82, 2.24) is 5.16 Å². The van der Waals surface area contributed by atoms with Gasteiger partial charge >= 0.3 is 11.8 Å². The van der Waals surface area contributed by atoms with E-state index in [0.29, 0.717) is 22.2 Å². The first-order chi connectivity index (χ1) is 9.99. The van der Waals surface area contributed by atoms with E-state index >= 15 is 0 Å². The Kier molecular flexibility index (Phi) is 4.44. The molecule has 0 saturated carbocycles. The Morgan fingerprint density at radius 1 is 1.24 bits per heavy atom. The van der Waals surface area contributed by atoms with E-state index in [9.17, 15) is 9.59 Å². The summed E-state index contributed by atoms with van der Waals surface area (Å²) >= 11 is 5.93. The number of rotatable bonds is 3. The largest absolute Gasteiger partial charge is 0.495 e. The van der Waals surface area contributed by atoms with E-state index in [1.54, 1.807) is 19.1 Å². The summed E-state index contributed by atoms with van der Waals surface area (Å²) in [7, 11) is 1.48. The maximum absolute atomic E-state index is 11.7. The topological polar surface area (TPSA) is 93.5 Å². The highest BCUT2D eigenvalue weighted by Crippen LogP contribution is 2.27. The Morgan fingerprint density at radius 2 is 1.95 bits per heavy atom. The molecule has 2 aromatic rings. The minimum Gasteiger partial charge on any atom is -0.495 e. The molecule has 0 atom stereocenters. The van der Waals surface area contributed by atoms with Crippen molar-refractivity contribution in [2.24, 2.45) is 0 Å². The first-order valence-electron chi connectivity index (χ1n) is 5.89. The van der Waals surface area contributed by atoms with E-state index in [4.69, 9.17) is 20.9 Å². The van der Waals surface area contributed by atoms with E-state index in [1.165, 1.54) is 19.2 Å². The second kappa shape index (κ2) is 6.27. The monoisotopic (exact) mass is 309 g/mol. The highest BCUT2D eigenvalue weighted by atomic mass is 35.5. The number of nitrogens with zero attached hydrogens (tertiary/aromatic N) is 1. The van der Waals surface area contributed by atoms with Gasteiger partial charge in [-0.05, 0) is 25.1 Å². The molecule has 0 aliphatic rings. The van der Waals surface area contributed by atoms with E-state index in [1.807, 2.05) is 0 Å². The molecule has 1 aromatic carbocycles. The molecule has 0 saturated heterocycles. The van der Waals surface area contributed by atoms with Crippen LogP contribution in [0.5, 0.6) is 5.75 Å². The van der Waals surface area contributed by atoms with Crippen LogP contribution in [0, 0.1) is 6.92 Å². The molecule has 0 radical (unpaired) electrons. The highest BCUT2D eigenvalue weighted by molar-refractivity contribution is 6.43. The number of aryl methyl sites for hydroxylation is 1. The van der Waals surface area contributed by atoms with Gasteiger partial charge in [0.1, 0.15) is 11.5 Å². The third-order valence-corrected chi connectivity index (χ3v) is 2.78. The van der Waals surface area contributed by atoms with Crippen LogP contribution in [0.2, 0.25) is 5.02 Å². The molecule has 1 heterocycles. The van der Waals surface area contributed by atoms with E-state index in [-0.39, 0.29) is 5.82 Å². The van der Waals surface area contributed by atoms with Crippen LogP contribution in [0.25, 0.3) is 0 Å². The summed E-state index contributed by atoms with van der Waals surface area (Å²) in [4.78, 5) is 23.4. The standard InChI is InChI=1S/C13H12ClN3O4/c1-7-5-11(17-21-7)16-13(19)12(18)15-8-3-4-10(20-2)9(14)6-8/h3-6H,1-2H3,(H,15,18)(H,16,17,19). The molecule has 2 N–H and O–H groups in total. The molecule has 1 aromatic heterocycles. The zero-order valence-electron chi connectivity index (χ0n) is 11.3. The number of anilines is 2. The number of halogens is 1. The Hall–Kier alpha value is -2.54. The molecule has 7 nitrogen and oxygen atoms in total. The first-order valence-corrected chi connectivity index (χ1v) is 6.26. The molecule has 2 rings (SSSR count). The lowest BCUT2D eigenvalue weighted by Gasteiger charge is -2.07. The summed E-state index contributed by atoms with van der Waals surface area (Å²) in [6, 6.07) is 6.12. The van der Waals surface area contributed by atoms with Crippen molar-refractivity contribution in [3.8, 4) is 5.75 Å². The Balaban J connectivity index is 2.00. The molecule has 110 valence electrons. The van der Waals surface area contributed by atoms with Gasteiger partial charge in [-0.3, -0.25) is 14.9 Å². The van der Waals surface area contributed by atoms with Crippen molar-refractivity contribution in [3.05, 3.63) is 35.0 Å². The van der Waals surface area contributed by atoms with Crippen LogP contribution >= 0.6 is 11.6 Å². The fourth-order valence-electron chi connectivity index (χ4n) is 1.53. The molecule has 21 heavy (non-hydrogen) atoms. The molecule has 0 fully saturated rings. The number of amides is 2. The van der Waals surface area contributed by atoms with Gasteiger partial charge in [-0.2, -0.15) is 0 Å². The third-order valence-electron chi connectivity index (χ3n) is 2.49. The molecular formula is C13H12ClN3O4. The number of carbonyl (C=O) groups excluding carboxylic acids is 2. The number of methoxy groups -OCH3 is 1. The minimum atomic E-state index is -0.866. The molecule has 0 unspecified atom stereocenters. The molecule has 2 amide bonds. The Bertz CT molecular complexity index is 684. The number of hydrogen-bond donors (Lipinski definition) is 2. The van der Waals surface area contributed by atoms with Crippen LogP contribution in [0.15, 0.2) is 28.8 Å². The lowest BCUT2D eigenvalue weighted by molar-refractivity contribution is -0.133.